The third kappa shape index (κ3) is 3.51. The first-order chi connectivity index (χ1) is 8.22. The lowest BCUT2D eigenvalue weighted by Gasteiger charge is -2.41. The summed E-state index contributed by atoms with van der Waals surface area (Å²) in [6.07, 6.45) is 6.08. The second kappa shape index (κ2) is 5.61. The number of hydrogen-bond acceptors (Lipinski definition) is 3. The first-order valence-corrected chi connectivity index (χ1v) is 6.58. The van der Waals surface area contributed by atoms with Crippen molar-refractivity contribution in [3.05, 3.63) is 30.1 Å². The molecule has 1 aliphatic rings. The van der Waals surface area contributed by atoms with E-state index in [4.69, 9.17) is 0 Å². The number of piperazine rings is 1. The molecule has 0 spiro atoms. The molecule has 0 saturated carbocycles. The van der Waals surface area contributed by atoms with Gasteiger partial charge in [-0.2, -0.15) is 0 Å². The molecule has 0 aromatic carbocycles. The van der Waals surface area contributed by atoms with Crippen LogP contribution in [-0.2, 0) is 6.42 Å². The van der Waals surface area contributed by atoms with Gasteiger partial charge in [0.1, 0.15) is 0 Å². The lowest BCUT2D eigenvalue weighted by Crippen LogP contribution is -2.58. The number of aromatic nitrogens is 1. The Balaban J connectivity index is 1.83. The summed E-state index contributed by atoms with van der Waals surface area (Å²) in [7, 11) is 0. The van der Waals surface area contributed by atoms with Crippen LogP contribution < -0.4 is 5.32 Å². The van der Waals surface area contributed by atoms with Crippen LogP contribution in [0.25, 0.3) is 0 Å². The van der Waals surface area contributed by atoms with E-state index >= 15 is 0 Å². The Hall–Kier alpha value is -0.930. The Labute approximate surface area is 104 Å². The fourth-order valence-corrected chi connectivity index (χ4v) is 2.41. The fourth-order valence-electron chi connectivity index (χ4n) is 2.41. The Morgan fingerprint density at radius 2 is 2.18 bits per heavy atom. The average Bonchev–Trinajstić information content (AvgIpc) is 2.38. The maximum absolute atomic E-state index is 4.05. The first kappa shape index (κ1) is 12.5. The van der Waals surface area contributed by atoms with E-state index in [1.165, 1.54) is 18.5 Å². The van der Waals surface area contributed by atoms with Gasteiger partial charge < -0.3 is 5.32 Å². The first-order valence-electron chi connectivity index (χ1n) is 6.58. The van der Waals surface area contributed by atoms with Gasteiger partial charge >= 0.3 is 0 Å². The summed E-state index contributed by atoms with van der Waals surface area (Å²) in [6, 6.07) is 4.22. The zero-order valence-corrected chi connectivity index (χ0v) is 10.9. The van der Waals surface area contributed by atoms with Crippen LogP contribution in [0.2, 0.25) is 0 Å². The quantitative estimate of drug-likeness (QED) is 0.858. The predicted octanol–water partition coefficient (Wildman–Crippen LogP) is 1.70. The number of rotatable bonds is 4. The third-order valence-corrected chi connectivity index (χ3v) is 3.80. The van der Waals surface area contributed by atoms with E-state index in [1.54, 1.807) is 0 Å². The van der Waals surface area contributed by atoms with Gasteiger partial charge in [-0.15, -0.1) is 0 Å². The Bertz CT molecular complexity index is 339. The van der Waals surface area contributed by atoms with Gasteiger partial charge in [0.25, 0.3) is 0 Å². The van der Waals surface area contributed by atoms with Crippen LogP contribution in [0.15, 0.2) is 24.5 Å². The van der Waals surface area contributed by atoms with E-state index in [9.17, 15) is 0 Å². The molecule has 1 aliphatic heterocycles. The van der Waals surface area contributed by atoms with Gasteiger partial charge in [-0.3, -0.25) is 9.88 Å². The molecule has 2 heterocycles. The van der Waals surface area contributed by atoms with Gasteiger partial charge in [-0.05, 0) is 37.5 Å². The number of hydrogen-bond donors (Lipinski definition) is 1. The molecular weight excluding hydrogens is 210 g/mol. The summed E-state index contributed by atoms with van der Waals surface area (Å²) >= 11 is 0. The summed E-state index contributed by atoms with van der Waals surface area (Å²) in [5, 5.41) is 3.62. The monoisotopic (exact) mass is 233 g/mol. The van der Waals surface area contributed by atoms with E-state index in [0.29, 0.717) is 5.54 Å². The van der Waals surface area contributed by atoms with Crippen LogP contribution in [0, 0.1) is 0 Å². The lowest BCUT2D eigenvalue weighted by molar-refractivity contribution is 0.141. The van der Waals surface area contributed by atoms with E-state index in [2.05, 4.69) is 41.2 Å². The van der Waals surface area contributed by atoms with Crippen molar-refractivity contribution in [1.82, 2.24) is 15.2 Å². The van der Waals surface area contributed by atoms with Crippen LogP contribution in [0.5, 0.6) is 0 Å². The highest BCUT2D eigenvalue weighted by molar-refractivity contribution is 5.10. The van der Waals surface area contributed by atoms with Crippen molar-refractivity contribution in [2.75, 3.05) is 26.2 Å². The molecule has 1 atom stereocenters. The van der Waals surface area contributed by atoms with Crippen LogP contribution in [0.3, 0.4) is 0 Å². The molecule has 3 nitrogen and oxygen atoms in total. The zero-order chi connectivity index (χ0) is 12.1. The van der Waals surface area contributed by atoms with Crippen molar-refractivity contribution in [2.24, 2.45) is 0 Å². The van der Waals surface area contributed by atoms with Gasteiger partial charge in [-0.1, -0.05) is 6.92 Å². The van der Waals surface area contributed by atoms with Gasteiger partial charge in [0.05, 0.1) is 0 Å². The fraction of sp³-hybridized carbons (Fsp3) is 0.643. The molecule has 0 bridgehead atoms. The van der Waals surface area contributed by atoms with Crippen LogP contribution in [-0.4, -0.2) is 41.6 Å². The summed E-state index contributed by atoms with van der Waals surface area (Å²) in [5.74, 6) is 0. The predicted molar refractivity (Wildman–Crippen MR) is 71.1 cm³/mol. The zero-order valence-electron chi connectivity index (χ0n) is 10.9. The van der Waals surface area contributed by atoms with Gasteiger partial charge in [0.2, 0.25) is 0 Å². The summed E-state index contributed by atoms with van der Waals surface area (Å²) in [5.41, 5.74) is 1.69. The minimum atomic E-state index is 0.302. The minimum Gasteiger partial charge on any atom is -0.309 e. The van der Waals surface area contributed by atoms with E-state index in [0.717, 1.165) is 26.1 Å². The standard InChI is InChI=1S/C14H23N3/c1-3-14(2)12-17(11-9-16-14)10-6-13-4-7-15-8-5-13/h4-5,7-8,16H,3,6,9-12H2,1-2H3. The maximum atomic E-state index is 4.05. The molecule has 1 N–H and O–H groups in total. The Morgan fingerprint density at radius 3 is 2.88 bits per heavy atom. The molecule has 1 fully saturated rings. The molecule has 0 amide bonds. The van der Waals surface area contributed by atoms with Crippen LogP contribution >= 0.6 is 0 Å². The third-order valence-electron chi connectivity index (χ3n) is 3.80. The SMILES string of the molecule is CCC1(C)CN(CCc2ccncc2)CCN1. The number of pyridine rings is 1. The molecule has 1 unspecified atom stereocenters. The topological polar surface area (TPSA) is 28.2 Å². The molecule has 3 heteroatoms. The molecule has 1 aromatic rings. The van der Waals surface area contributed by atoms with Crippen molar-refractivity contribution >= 4 is 0 Å². The highest BCUT2D eigenvalue weighted by atomic mass is 15.2. The summed E-state index contributed by atoms with van der Waals surface area (Å²) in [6.45, 7) is 9.18. The summed E-state index contributed by atoms with van der Waals surface area (Å²) in [4.78, 5) is 6.62. The molecular formula is C14H23N3. The highest BCUT2D eigenvalue weighted by Gasteiger charge is 2.28. The normalized spacial score (nSPS) is 26.0. The molecule has 1 aromatic heterocycles. The van der Waals surface area contributed by atoms with Crippen molar-refractivity contribution in [3.8, 4) is 0 Å². The number of nitrogens with one attached hydrogen (secondary N) is 1. The Kier molecular flexibility index (Phi) is 4.13. The maximum Gasteiger partial charge on any atom is 0.0278 e. The van der Waals surface area contributed by atoms with Gasteiger partial charge in [0, 0.05) is 44.1 Å². The smallest absolute Gasteiger partial charge is 0.0278 e. The van der Waals surface area contributed by atoms with E-state index in [1.807, 2.05) is 12.4 Å². The summed E-state index contributed by atoms with van der Waals surface area (Å²) < 4.78 is 0. The van der Waals surface area contributed by atoms with Gasteiger partial charge in [-0.25, -0.2) is 0 Å². The molecule has 0 radical (unpaired) electrons. The molecule has 17 heavy (non-hydrogen) atoms. The van der Waals surface area contributed by atoms with Crippen molar-refractivity contribution in [3.63, 3.8) is 0 Å². The van der Waals surface area contributed by atoms with E-state index < -0.39 is 0 Å². The molecule has 1 saturated heterocycles. The Morgan fingerprint density at radius 1 is 1.41 bits per heavy atom. The number of nitrogens with zero attached hydrogens (tertiary/aromatic N) is 2. The van der Waals surface area contributed by atoms with Crippen molar-refractivity contribution in [1.29, 1.82) is 0 Å². The second-order valence-electron chi connectivity index (χ2n) is 5.22. The average molecular weight is 233 g/mol. The van der Waals surface area contributed by atoms with E-state index in [-0.39, 0.29) is 0 Å². The van der Waals surface area contributed by atoms with Crippen molar-refractivity contribution in [2.45, 2.75) is 32.2 Å². The molecule has 0 aliphatic carbocycles. The van der Waals surface area contributed by atoms with Crippen LogP contribution in [0.1, 0.15) is 25.8 Å². The lowest BCUT2D eigenvalue weighted by atomic mass is 9.95. The minimum absolute atomic E-state index is 0.302. The largest absolute Gasteiger partial charge is 0.309 e. The van der Waals surface area contributed by atoms with Gasteiger partial charge in [0.15, 0.2) is 0 Å². The highest BCUT2D eigenvalue weighted by Crippen LogP contribution is 2.15. The molecule has 2 rings (SSSR count). The van der Waals surface area contributed by atoms with Crippen molar-refractivity contribution < 1.29 is 0 Å². The molecule has 94 valence electrons. The van der Waals surface area contributed by atoms with Crippen LogP contribution in [0.4, 0.5) is 0 Å². The second-order valence-corrected chi connectivity index (χ2v) is 5.22.